The molecule has 3 heterocycles. The fraction of sp³-hybridized carbons (Fsp3) is 0.280. The molecule has 1 aromatic carbocycles. The van der Waals surface area contributed by atoms with Crippen LogP contribution >= 0.6 is 0 Å². The van der Waals surface area contributed by atoms with E-state index in [-0.39, 0.29) is 11.9 Å². The summed E-state index contributed by atoms with van der Waals surface area (Å²) in [6, 6.07) is 9.32. The van der Waals surface area contributed by atoms with Gasteiger partial charge < -0.3 is 5.32 Å². The van der Waals surface area contributed by atoms with E-state index in [9.17, 15) is 4.79 Å². The number of carbonyl (C=O) groups is 1. The normalized spacial score (nSPS) is 14.5. The first kappa shape index (κ1) is 20.9. The molecule has 0 aliphatic heterocycles. The van der Waals surface area contributed by atoms with Gasteiger partial charge in [0, 0.05) is 41.2 Å². The molecule has 1 amide bonds. The Balaban J connectivity index is 1.50. The van der Waals surface area contributed by atoms with E-state index in [1.165, 1.54) is 6.42 Å². The van der Waals surface area contributed by atoms with Crippen molar-refractivity contribution in [2.75, 3.05) is 0 Å². The van der Waals surface area contributed by atoms with Crippen LogP contribution in [0.15, 0.2) is 55.1 Å². The molecule has 33 heavy (non-hydrogen) atoms. The van der Waals surface area contributed by atoms with Crippen LogP contribution in [0.1, 0.15) is 65.6 Å². The number of hydrogen-bond donors (Lipinski definition) is 2. The summed E-state index contributed by atoms with van der Waals surface area (Å²) in [5, 5.41) is 10.5. The van der Waals surface area contributed by atoms with E-state index in [2.05, 4.69) is 30.5 Å². The molecule has 8 heteroatoms. The number of carbonyl (C=O) groups excluding carboxylic acids is 1. The number of aromatic nitrogens is 6. The maximum absolute atomic E-state index is 13.2. The number of nitrogens with one attached hydrogen (secondary N) is 2. The minimum absolute atomic E-state index is 0.210. The van der Waals surface area contributed by atoms with E-state index in [1.807, 2.05) is 50.4 Å². The molecule has 1 atom stereocenters. The fourth-order valence-corrected chi connectivity index (χ4v) is 3.83. The molecule has 1 aliphatic carbocycles. The van der Waals surface area contributed by atoms with Gasteiger partial charge in [-0.2, -0.15) is 5.10 Å². The number of aromatic amines is 1. The second-order valence-electron chi connectivity index (χ2n) is 8.52. The minimum atomic E-state index is -0.287. The maximum Gasteiger partial charge on any atom is 0.251 e. The summed E-state index contributed by atoms with van der Waals surface area (Å²) in [6.45, 7) is 3.88. The quantitative estimate of drug-likeness (QED) is 0.461. The van der Waals surface area contributed by atoms with Gasteiger partial charge in [-0.1, -0.05) is 12.5 Å². The Morgan fingerprint density at radius 2 is 1.94 bits per heavy atom. The van der Waals surface area contributed by atoms with Gasteiger partial charge in [-0.05, 0) is 56.5 Å². The molecular formula is C25H25N7O. The average Bonchev–Trinajstić information content (AvgIpc) is 3.28. The molecule has 3 aromatic heterocycles. The molecule has 8 nitrogen and oxygen atoms in total. The summed E-state index contributed by atoms with van der Waals surface area (Å²) in [7, 11) is 0. The van der Waals surface area contributed by atoms with Crippen molar-refractivity contribution in [1.29, 1.82) is 0 Å². The zero-order chi connectivity index (χ0) is 22.8. The van der Waals surface area contributed by atoms with Gasteiger partial charge in [-0.25, -0.2) is 4.98 Å². The monoisotopic (exact) mass is 439 g/mol. The van der Waals surface area contributed by atoms with E-state index in [4.69, 9.17) is 4.98 Å². The van der Waals surface area contributed by atoms with Crippen LogP contribution in [0.25, 0.3) is 22.6 Å². The summed E-state index contributed by atoms with van der Waals surface area (Å²) < 4.78 is 0. The fourth-order valence-electron chi connectivity index (χ4n) is 3.83. The van der Waals surface area contributed by atoms with E-state index in [1.54, 1.807) is 18.6 Å². The van der Waals surface area contributed by atoms with Gasteiger partial charge in [0.05, 0.1) is 23.6 Å². The van der Waals surface area contributed by atoms with E-state index in [0.29, 0.717) is 23.0 Å². The summed E-state index contributed by atoms with van der Waals surface area (Å²) in [4.78, 5) is 30.8. The number of aryl methyl sites for hydroxylation is 1. The van der Waals surface area contributed by atoms with Gasteiger partial charge in [-0.3, -0.25) is 24.8 Å². The van der Waals surface area contributed by atoms with Crippen molar-refractivity contribution in [3.63, 3.8) is 0 Å². The average molecular weight is 440 g/mol. The third-order valence-corrected chi connectivity index (χ3v) is 6.03. The Labute approximate surface area is 192 Å². The topological polar surface area (TPSA) is 109 Å². The standard InChI is InChI=1S/C25H25N7O/c1-15-6-7-21(28-13-15)18-10-19(24-30-23(31-32-24)17-4-3-5-17)12-20(11-18)25(33)29-16(2)22-14-26-8-9-27-22/h6-14,16-17H,3-5H2,1-2H3,(H,29,33)(H,30,31,32). The van der Waals surface area contributed by atoms with Crippen molar-refractivity contribution in [1.82, 2.24) is 35.5 Å². The Morgan fingerprint density at radius 3 is 2.64 bits per heavy atom. The highest BCUT2D eigenvalue weighted by Crippen LogP contribution is 2.35. The lowest BCUT2D eigenvalue weighted by Crippen LogP contribution is -2.27. The third-order valence-electron chi connectivity index (χ3n) is 6.03. The lowest BCUT2D eigenvalue weighted by molar-refractivity contribution is 0.0939. The van der Waals surface area contributed by atoms with Crippen molar-refractivity contribution in [2.45, 2.75) is 45.1 Å². The van der Waals surface area contributed by atoms with Crippen molar-refractivity contribution < 1.29 is 4.79 Å². The van der Waals surface area contributed by atoms with Crippen LogP contribution in [0.2, 0.25) is 0 Å². The van der Waals surface area contributed by atoms with E-state index in [0.717, 1.165) is 41.1 Å². The van der Waals surface area contributed by atoms with Gasteiger partial charge in [0.1, 0.15) is 5.82 Å². The number of H-pyrrole nitrogens is 1. The lowest BCUT2D eigenvalue weighted by Gasteiger charge is -2.22. The summed E-state index contributed by atoms with van der Waals surface area (Å²) in [6.07, 6.45) is 10.2. The number of pyridine rings is 1. The highest BCUT2D eigenvalue weighted by Gasteiger charge is 2.24. The number of amides is 1. The Morgan fingerprint density at radius 1 is 1.09 bits per heavy atom. The molecule has 0 bridgehead atoms. The molecule has 5 rings (SSSR count). The highest BCUT2D eigenvalue weighted by atomic mass is 16.1. The summed E-state index contributed by atoms with van der Waals surface area (Å²) >= 11 is 0. The molecule has 0 spiro atoms. The smallest absolute Gasteiger partial charge is 0.251 e. The van der Waals surface area contributed by atoms with E-state index < -0.39 is 0 Å². The molecule has 2 N–H and O–H groups in total. The zero-order valence-electron chi connectivity index (χ0n) is 18.6. The molecule has 0 radical (unpaired) electrons. The van der Waals surface area contributed by atoms with E-state index >= 15 is 0 Å². The van der Waals surface area contributed by atoms with Gasteiger partial charge in [0.2, 0.25) is 0 Å². The van der Waals surface area contributed by atoms with Gasteiger partial charge in [-0.15, -0.1) is 0 Å². The largest absolute Gasteiger partial charge is 0.344 e. The Bertz CT molecular complexity index is 1260. The maximum atomic E-state index is 13.2. The predicted molar refractivity (Wildman–Crippen MR) is 124 cm³/mol. The molecular weight excluding hydrogens is 414 g/mol. The summed E-state index contributed by atoms with van der Waals surface area (Å²) in [5.41, 5.74) is 4.67. The Hall–Kier alpha value is -3.94. The Kier molecular flexibility index (Phi) is 5.64. The highest BCUT2D eigenvalue weighted by molar-refractivity contribution is 5.97. The van der Waals surface area contributed by atoms with Crippen molar-refractivity contribution in [3.8, 4) is 22.6 Å². The number of rotatable bonds is 6. The van der Waals surface area contributed by atoms with Crippen LogP contribution in [0.5, 0.6) is 0 Å². The third kappa shape index (κ3) is 4.50. The number of hydrogen-bond acceptors (Lipinski definition) is 6. The SMILES string of the molecule is Cc1ccc(-c2cc(C(=O)NC(C)c3cnccn3)cc(-c3n[nH]c(C4CCC4)n3)c2)nc1. The van der Waals surface area contributed by atoms with Gasteiger partial charge >= 0.3 is 0 Å². The van der Waals surface area contributed by atoms with Crippen LogP contribution in [-0.4, -0.2) is 36.0 Å². The first-order valence-corrected chi connectivity index (χ1v) is 11.1. The van der Waals surface area contributed by atoms with Crippen LogP contribution < -0.4 is 5.32 Å². The molecule has 1 fully saturated rings. The molecule has 1 aliphatic rings. The number of benzene rings is 1. The van der Waals surface area contributed by atoms with Crippen molar-refractivity contribution >= 4 is 5.91 Å². The number of nitrogens with zero attached hydrogens (tertiary/aromatic N) is 5. The van der Waals surface area contributed by atoms with Crippen LogP contribution in [0.4, 0.5) is 0 Å². The second kappa shape index (κ2) is 8.90. The van der Waals surface area contributed by atoms with Crippen LogP contribution in [0.3, 0.4) is 0 Å². The van der Waals surface area contributed by atoms with Crippen molar-refractivity contribution in [2.24, 2.45) is 0 Å². The second-order valence-corrected chi connectivity index (χ2v) is 8.52. The molecule has 0 saturated heterocycles. The molecule has 4 aromatic rings. The molecule has 166 valence electrons. The summed E-state index contributed by atoms with van der Waals surface area (Å²) in [5.74, 6) is 1.74. The first-order chi connectivity index (χ1) is 16.1. The van der Waals surface area contributed by atoms with Crippen LogP contribution in [-0.2, 0) is 0 Å². The predicted octanol–water partition coefficient (Wildman–Crippen LogP) is 4.39. The van der Waals surface area contributed by atoms with Crippen LogP contribution in [0, 0.1) is 6.92 Å². The lowest BCUT2D eigenvalue weighted by atomic mass is 9.85. The minimum Gasteiger partial charge on any atom is -0.344 e. The first-order valence-electron chi connectivity index (χ1n) is 11.1. The van der Waals surface area contributed by atoms with Gasteiger partial charge in [0.25, 0.3) is 5.91 Å². The van der Waals surface area contributed by atoms with Crippen molar-refractivity contribution in [3.05, 3.63) is 77.8 Å². The zero-order valence-corrected chi connectivity index (χ0v) is 18.6. The molecule has 1 unspecified atom stereocenters. The van der Waals surface area contributed by atoms with Gasteiger partial charge in [0.15, 0.2) is 5.82 Å². The molecule has 1 saturated carbocycles.